The molecule has 1 aliphatic heterocycles. The molecule has 0 amide bonds. The Morgan fingerprint density at radius 1 is 1.30 bits per heavy atom. The molecule has 3 rings (SSSR count). The normalized spacial score (nSPS) is 20.1. The van der Waals surface area contributed by atoms with E-state index in [-0.39, 0.29) is 12.6 Å². The lowest BCUT2D eigenvalue weighted by molar-refractivity contribution is -0.0317. The number of aromatic nitrogens is 3. The van der Waals surface area contributed by atoms with E-state index in [1.807, 2.05) is 36.5 Å². The van der Waals surface area contributed by atoms with E-state index >= 15 is 0 Å². The zero-order valence-corrected chi connectivity index (χ0v) is 11.2. The van der Waals surface area contributed by atoms with Crippen molar-refractivity contribution in [1.82, 2.24) is 19.9 Å². The summed E-state index contributed by atoms with van der Waals surface area (Å²) in [5.41, 5.74) is 1.89. The van der Waals surface area contributed by atoms with Gasteiger partial charge in [0.25, 0.3) is 0 Å². The Balaban J connectivity index is 1.71. The molecule has 0 bridgehead atoms. The molecule has 0 spiro atoms. The van der Waals surface area contributed by atoms with Crippen LogP contribution in [-0.4, -0.2) is 57.4 Å². The van der Waals surface area contributed by atoms with Gasteiger partial charge in [0.05, 0.1) is 43.4 Å². The van der Waals surface area contributed by atoms with Crippen LogP contribution in [0.3, 0.4) is 0 Å². The Kier molecular flexibility index (Phi) is 4.05. The maximum Gasteiger partial charge on any atom is 0.0972 e. The minimum atomic E-state index is 0.0469. The third-order valence-corrected chi connectivity index (χ3v) is 3.49. The maximum absolute atomic E-state index is 9.36. The van der Waals surface area contributed by atoms with E-state index < -0.39 is 0 Å². The molecular formula is C14H18N4O2. The molecule has 6 heteroatoms. The van der Waals surface area contributed by atoms with Gasteiger partial charge < -0.3 is 9.84 Å². The molecule has 1 aromatic heterocycles. The van der Waals surface area contributed by atoms with Gasteiger partial charge >= 0.3 is 0 Å². The molecule has 106 valence electrons. The SMILES string of the molecule is OC[C@@H]1COCCN1Cc1cn(-c2ccccc2)nn1. The van der Waals surface area contributed by atoms with E-state index in [9.17, 15) is 5.11 Å². The van der Waals surface area contributed by atoms with Gasteiger partial charge in [0.2, 0.25) is 0 Å². The second-order valence-corrected chi connectivity index (χ2v) is 4.87. The smallest absolute Gasteiger partial charge is 0.0972 e. The first-order valence-electron chi connectivity index (χ1n) is 6.76. The van der Waals surface area contributed by atoms with Crippen LogP contribution in [0.4, 0.5) is 0 Å². The van der Waals surface area contributed by atoms with Gasteiger partial charge in [-0.1, -0.05) is 23.4 Å². The van der Waals surface area contributed by atoms with Crippen molar-refractivity contribution >= 4 is 0 Å². The number of hydrogen-bond donors (Lipinski definition) is 1. The van der Waals surface area contributed by atoms with E-state index in [1.165, 1.54) is 0 Å². The number of aliphatic hydroxyl groups excluding tert-OH is 1. The fourth-order valence-corrected chi connectivity index (χ4v) is 2.35. The van der Waals surface area contributed by atoms with Crippen molar-refractivity contribution in [2.75, 3.05) is 26.4 Å². The van der Waals surface area contributed by atoms with E-state index in [0.717, 1.165) is 17.9 Å². The number of morpholine rings is 1. The molecule has 6 nitrogen and oxygen atoms in total. The Hall–Kier alpha value is -1.76. The summed E-state index contributed by atoms with van der Waals surface area (Å²) in [4.78, 5) is 2.18. The third kappa shape index (κ3) is 2.87. The van der Waals surface area contributed by atoms with Gasteiger partial charge in [-0.15, -0.1) is 5.10 Å². The third-order valence-electron chi connectivity index (χ3n) is 3.49. The number of ether oxygens (including phenoxy) is 1. The van der Waals surface area contributed by atoms with Gasteiger partial charge in [-0.3, -0.25) is 4.90 Å². The Bertz CT molecular complexity index is 543. The molecule has 2 aromatic rings. The van der Waals surface area contributed by atoms with Gasteiger partial charge in [-0.05, 0) is 12.1 Å². The van der Waals surface area contributed by atoms with Crippen LogP contribution in [-0.2, 0) is 11.3 Å². The summed E-state index contributed by atoms with van der Waals surface area (Å²) in [5, 5.41) is 17.7. The Labute approximate surface area is 117 Å². The highest BCUT2D eigenvalue weighted by Crippen LogP contribution is 2.12. The summed E-state index contributed by atoms with van der Waals surface area (Å²) < 4.78 is 7.14. The molecule has 0 radical (unpaired) electrons. The quantitative estimate of drug-likeness (QED) is 0.877. The van der Waals surface area contributed by atoms with Gasteiger partial charge in [-0.2, -0.15) is 0 Å². The van der Waals surface area contributed by atoms with Gasteiger partial charge in [0.1, 0.15) is 0 Å². The number of rotatable bonds is 4. The fourth-order valence-electron chi connectivity index (χ4n) is 2.35. The molecule has 1 saturated heterocycles. The minimum absolute atomic E-state index is 0.0469. The average molecular weight is 274 g/mol. The summed E-state index contributed by atoms with van der Waals surface area (Å²) >= 11 is 0. The lowest BCUT2D eigenvalue weighted by Crippen LogP contribution is -2.46. The maximum atomic E-state index is 9.36. The minimum Gasteiger partial charge on any atom is -0.395 e. The first kappa shape index (κ1) is 13.2. The van der Waals surface area contributed by atoms with Crippen molar-refractivity contribution in [3.05, 3.63) is 42.2 Å². The molecular weight excluding hydrogens is 256 g/mol. The largest absolute Gasteiger partial charge is 0.395 e. The van der Waals surface area contributed by atoms with Crippen molar-refractivity contribution in [2.45, 2.75) is 12.6 Å². The zero-order chi connectivity index (χ0) is 13.8. The van der Waals surface area contributed by atoms with Crippen LogP contribution in [0.15, 0.2) is 36.5 Å². The van der Waals surface area contributed by atoms with Crippen LogP contribution < -0.4 is 0 Å². The highest BCUT2D eigenvalue weighted by Gasteiger charge is 2.23. The molecule has 0 saturated carbocycles. The monoisotopic (exact) mass is 274 g/mol. The number of aliphatic hydroxyl groups is 1. The number of para-hydroxylation sites is 1. The van der Waals surface area contributed by atoms with Crippen LogP contribution in [0.1, 0.15) is 5.69 Å². The van der Waals surface area contributed by atoms with Crippen LogP contribution in [0.2, 0.25) is 0 Å². The summed E-state index contributed by atoms with van der Waals surface area (Å²) in [6.45, 7) is 2.87. The van der Waals surface area contributed by atoms with Crippen molar-refractivity contribution in [3.8, 4) is 5.69 Å². The number of nitrogens with zero attached hydrogens (tertiary/aromatic N) is 4. The predicted molar refractivity (Wildman–Crippen MR) is 73.5 cm³/mol. The molecule has 1 atom stereocenters. The van der Waals surface area contributed by atoms with Crippen molar-refractivity contribution in [3.63, 3.8) is 0 Å². The predicted octanol–water partition coefficient (Wildman–Crippen LogP) is 0.460. The first-order valence-corrected chi connectivity index (χ1v) is 6.76. The summed E-state index contributed by atoms with van der Waals surface area (Å²) in [7, 11) is 0. The Morgan fingerprint density at radius 2 is 2.15 bits per heavy atom. The summed E-state index contributed by atoms with van der Waals surface area (Å²) in [6, 6.07) is 9.94. The lowest BCUT2D eigenvalue weighted by Gasteiger charge is -2.33. The van der Waals surface area contributed by atoms with E-state index in [1.54, 1.807) is 4.68 Å². The van der Waals surface area contributed by atoms with E-state index in [0.29, 0.717) is 19.8 Å². The summed E-state index contributed by atoms with van der Waals surface area (Å²) in [5.74, 6) is 0. The standard InChI is InChI=1S/C14H18N4O2/c19-10-14-11-20-7-6-17(14)8-12-9-18(16-15-12)13-4-2-1-3-5-13/h1-5,9,14,19H,6-8,10-11H2/t14-/m1/s1. The Morgan fingerprint density at radius 3 is 2.95 bits per heavy atom. The molecule has 20 heavy (non-hydrogen) atoms. The topological polar surface area (TPSA) is 63.4 Å². The fraction of sp³-hybridized carbons (Fsp3) is 0.429. The van der Waals surface area contributed by atoms with E-state index in [4.69, 9.17) is 4.74 Å². The highest BCUT2D eigenvalue weighted by molar-refractivity contribution is 5.29. The van der Waals surface area contributed by atoms with Crippen molar-refractivity contribution in [1.29, 1.82) is 0 Å². The molecule has 1 fully saturated rings. The molecule has 1 N–H and O–H groups in total. The lowest BCUT2D eigenvalue weighted by atomic mass is 10.2. The van der Waals surface area contributed by atoms with Crippen LogP contribution >= 0.6 is 0 Å². The molecule has 1 aliphatic rings. The first-order chi connectivity index (χ1) is 9.86. The van der Waals surface area contributed by atoms with E-state index in [2.05, 4.69) is 15.2 Å². The zero-order valence-electron chi connectivity index (χ0n) is 11.2. The van der Waals surface area contributed by atoms with Gasteiger partial charge in [0, 0.05) is 13.1 Å². The van der Waals surface area contributed by atoms with Crippen LogP contribution in [0.25, 0.3) is 5.69 Å². The molecule has 2 heterocycles. The molecule has 1 aromatic carbocycles. The molecule has 0 unspecified atom stereocenters. The van der Waals surface area contributed by atoms with Gasteiger partial charge in [-0.25, -0.2) is 4.68 Å². The number of benzene rings is 1. The molecule has 0 aliphatic carbocycles. The van der Waals surface area contributed by atoms with Crippen LogP contribution in [0, 0.1) is 0 Å². The summed E-state index contributed by atoms with van der Waals surface area (Å²) in [6.07, 6.45) is 1.93. The van der Waals surface area contributed by atoms with Crippen molar-refractivity contribution < 1.29 is 9.84 Å². The van der Waals surface area contributed by atoms with Gasteiger partial charge in [0.15, 0.2) is 0 Å². The van der Waals surface area contributed by atoms with Crippen LogP contribution in [0.5, 0.6) is 0 Å². The highest BCUT2D eigenvalue weighted by atomic mass is 16.5. The second kappa shape index (κ2) is 6.13. The second-order valence-electron chi connectivity index (χ2n) is 4.87. The average Bonchev–Trinajstić information content (AvgIpc) is 2.97. The number of hydrogen-bond acceptors (Lipinski definition) is 5. The van der Waals surface area contributed by atoms with Crippen molar-refractivity contribution in [2.24, 2.45) is 0 Å².